The predicted octanol–water partition coefficient (Wildman–Crippen LogP) is 4.60. The zero-order valence-corrected chi connectivity index (χ0v) is 22.2. The number of aliphatic hydroxyl groups excluding tert-OH is 1. The van der Waals surface area contributed by atoms with Crippen LogP contribution in [0.5, 0.6) is 11.6 Å². The number of aromatic nitrogens is 2. The molecule has 5 rings (SSSR count). The molecule has 38 heavy (non-hydrogen) atoms. The monoisotopic (exact) mass is 556 g/mol. The van der Waals surface area contributed by atoms with Crippen molar-refractivity contribution in [2.45, 2.75) is 26.4 Å². The first-order chi connectivity index (χ1) is 18.2. The van der Waals surface area contributed by atoms with Crippen molar-refractivity contribution in [3.05, 3.63) is 64.3 Å². The van der Waals surface area contributed by atoms with Crippen molar-refractivity contribution in [1.29, 1.82) is 0 Å². The number of piperazine rings is 1. The first-order valence-corrected chi connectivity index (χ1v) is 12.8. The number of benzene rings is 1. The standard InChI is InChI=1S/C26H26Cl2N4O3.CO2/c1-26(4-5-26)25(34)32-8-6-31(7-9-32)23-3-2-21(15-29-23)35-24-11-17(16-33)10-22(30-24)18-12-19(27)14-20(28)13-18;2-1-3/h2-3,10-15,33H,4-9,16H2,1H3;. The summed E-state index contributed by atoms with van der Waals surface area (Å²) in [7, 11) is 0. The van der Waals surface area contributed by atoms with Gasteiger partial charge in [0.05, 0.1) is 18.5 Å². The van der Waals surface area contributed by atoms with Crippen molar-refractivity contribution in [2.24, 2.45) is 5.41 Å². The average molecular weight is 557 g/mol. The van der Waals surface area contributed by atoms with Crippen LogP contribution in [0.3, 0.4) is 0 Å². The Morgan fingerprint density at radius 3 is 2.26 bits per heavy atom. The fraction of sp³-hybridized carbons (Fsp3) is 0.333. The molecule has 1 aromatic carbocycles. The molecule has 198 valence electrons. The minimum Gasteiger partial charge on any atom is -0.437 e. The van der Waals surface area contributed by atoms with Crippen molar-refractivity contribution < 1.29 is 24.2 Å². The Kier molecular flexibility index (Phi) is 8.64. The average Bonchev–Trinajstić information content (AvgIpc) is 3.67. The van der Waals surface area contributed by atoms with E-state index in [4.69, 9.17) is 37.5 Å². The molecule has 1 aliphatic carbocycles. The lowest BCUT2D eigenvalue weighted by Crippen LogP contribution is -2.50. The normalized spacial score (nSPS) is 15.7. The minimum atomic E-state index is -0.162. The van der Waals surface area contributed by atoms with E-state index in [1.807, 2.05) is 17.0 Å². The fourth-order valence-electron chi connectivity index (χ4n) is 4.21. The topological polar surface area (TPSA) is 113 Å². The van der Waals surface area contributed by atoms with E-state index < -0.39 is 0 Å². The van der Waals surface area contributed by atoms with Gasteiger partial charge in [-0.2, -0.15) is 9.59 Å². The Bertz CT molecular complexity index is 1310. The van der Waals surface area contributed by atoms with Crippen LogP contribution in [0.25, 0.3) is 11.3 Å². The maximum atomic E-state index is 12.6. The quantitative estimate of drug-likeness (QED) is 0.468. The molecular weight excluding hydrogens is 531 g/mol. The van der Waals surface area contributed by atoms with Gasteiger partial charge in [-0.25, -0.2) is 9.97 Å². The van der Waals surface area contributed by atoms with E-state index in [1.54, 1.807) is 36.5 Å². The number of ether oxygens (including phenoxy) is 1. The second-order valence-corrected chi connectivity index (χ2v) is 10.3. The van der Waals surface area contributed by atoms with Crippen molar-refractivity contribution >= 4 is 41.1 Å². The molecule has 1 N–H and O–H groups in total. The van der Waals surface area contributed by atoms with E-state index in [0.29, 0.717) is 46.0 Å². The lowest BCUT2D eigenvalue weighted by Gasteiger charge is -2.36. The van der Waals surface area contributed by atoms with Gasteiger partial charge in [-0.15, -0.1) is 0 Å². The highest BCUT2D eigenvalue weighted by Gasteiger charge is 2.47. The van der Waals surface area contributed by atoms with Crippen LogP contribution in [-0.2, 0) is 21.0 Å². The number of carbonyl (C=O) groups is 1. The predicted molar refractivity (Wildman–Crippen MR) is 141 cm³/mol. The molecule has 0 radical (unpaired) electrons. The molecule has 1 aliphatic heterocycles. The van der Waals surface area contributed by atoms with Crippen LogP contribution < -0.4 is 9.64 Å². The van der Waals surface area contributed by atoms with Crippen LogP contribution in [0, 0.1) is 5.41 Å². The number of aliphatic hydroxyl groups is 1. The van der Waals surface area contributed by atoms with Gasteiger partial charge in [-0.05, 0) is 54.8 Å². The van der Waals surface area contributed by atoms with Gasteiger partial charge in [0.15, 0.2) is 0 Å². The summed E-state index contributed by atoms with van der Waals surface area (Å²) in [5.41, 5.74) is 1.84. The van der Waals surface area contributed by atoms with E-state index in [0.717, 1.165) is 37.3 Å². The second kappa shape index (κ2) is 11.9. The van der Waals surface area contributed by atoms with Gasteiger partial charge in [0.1, 0.15) is 11.6 Å². The van der Waals surface area contributed by atoms with Gasteiger partial charge in [-0.3, -0.25) is 4.79 Å². The van der Waals surface area contributed by atoms with Crippen molar-refractivity contribution in [3.63, 3.8) is 0 Å². The maximum absolute atomic E-state index is 12.6. The van der Waals surface area contributed by atoms with Crippen LogP contribution in [-0.4, -0.2) is 58.2 Å². The molecule has 1 saturated heterocycles. The van der Waals surface area contributed by atoms with Gasteiger partial charge in [0, 0.05) is 53.3 Å². The first-order valence-electron chi connectivity index (χ1n) is 12.0. The van der Waals surface area contributed by atoms with Crippen LogP contribution in [0.2, 0.25) is 10.0 Å². The van der Waals surface area contributed by atoms with E-state index in [2.05, 4.69) is 21.8 Å². The molecule has 9 nitrogen and oxygen atoms in total. The molecule has 11 heteroatoms. The zero-order valence-electron chi connectivity index (χ0n) is 20.7. The van der Waals surface area contributed by atoms with Gasteiger partial charge in [-0.1, -0.05) is 30.1 Å². The molecule has 0 unspecified atom stereocenters. The molecule has 2 fully saturated rings. The molecule has 3 aromatic rings. The minimum absolute atomic E-state index is 0.125. The van der Waals surface area contributed by atoms with E-state index >= 15 is 0 Å². The lowest BCUT2D eigenvalue weighted by atomic mass is 10.1. The number of amides is 1. The summed E-state index contributed by atoms with van der Waals surface area (Å²) < 4.78 is 5.96. The van der Waals surface area contributed by atoms with E-state index in [9.17, 15) is 9.90 Å². The summed E-state index contributed by atoms with van der Waals surface area (Å²) in [6.07, 6.45) is 3.90. The molecule has 1 amide bonds. The molecule has 0 spiro atoms. The Morgan fingerprint density at radius 2 is 1.71 bits per heavy atom. The summed E-state index contributed by atoms with van der Waals surface area (Å²) in [5.74, 6) is 1.99. The van der Waals surface area contributed by atoms with Gasteiger partial charge >= 0.3 is 6.15 Å². The number of halogens is 2. The zero-order chi connectivity index (χ0) is 27.3. The SMILES string of the molecule is CC1(C(=O)N2CCN(c3ccc(Oc4cc(CO)cc(-c5cc(Cl)cc(Cl)c5)n4)cn3)CC2)CC1.O=C=O. The number of carbonyl (C=O) groups excluding carboxylic acids is 3. The Labute approximate surface area is 230 Å². The molecule has 0 bridgehead atoms. The Balaban J connectivity index is 0.00000107. The molecule has 1 saturated carbocycles. The second-order valence-electron chi connectivity index (χ2n) is 9.39. The third-order valence-corrected chi connectivity index (χ3v) is 6.99. The highest BCUT2D eigenvalue weighted by atomic mass is 35.5. The van der Waals surface area contributed by atoms with Crippen molar-refractivity contribution in [3.8, 4) is 22.9 Å². The van der Waals surface area contributed by atoms with Crippen LogP contribution in [0.15, 0.2) is 48.7 Å². The highest BCUT2D eigenvalue weighted by Crippen LogP contribution is 2.46. The molecular formula is C27H26Cl2N4O5. The summed E-state index contributed by atoms with van der Waals surface area (Å²) in [6.45, 7) is 4.82. The van der Waals surface area contributed by atoms with Crippen molar-refractivity contribution in [2.75, 3.05) is 31.1 Å². The van der Waals surface area contributed by atoms with Gasteiger partial charge in [0.2, 0.25) is 11.8 Å². The Morgan fingerprint density at radius 1 is 1.05 bits per heavy atom. The van der Waals surface area contributed by atoms with E-state index in [-0.39, 0.29) is 24.1 Å². The molecule has 2 aliphatic rings. The highest BCUT2D eigenvalue weighted by molar-refractivity contribution is 6.35. The van der Waals surface area contributed by atoms with E-state index in [1.165, 1.54) is 0 Å². The number of pyridine rings is 2. The number of anilines is 1. The van der Waals surface area contributed by atoms with Crippen LogP contribution in [0.1, 0.15) is 25.3 Å². The third-order valence-electron chi connectivity index (χ3n) is 6.55. The number of nitrogens with zero attached hydrogens (tertiary/aromatic N) is 4. The summed E-state index contributed by atoms with van der Waals surface area (Å²) in [4.78, 5) is 42.1. The molecule has 2 aromatic heterocycles. The molecule has 0 atom stereocenters. The Hall–Kier alpha value is -3.49. The van der Waals surface area contributed by atoms with Gasteiger partial charge in [0.25, 0.3) is 0 Å². The lowest BCUT2D eigenvalue weighted by molar-refractivity contribution is -0.191. The third kappa shape index (κ3) is 6.68. The fourth-order valence-corrected chi connectivity index (χ4v) is 4.74. The number of hydrogen-bond donors (Lipinski definition) is 1. The van der Waals surface area contributed by atoms with Crippen LogP contribution >= 0.6 is 23.2 Å². The molecule has 3 heterocycles. The summed E-state index contributed by atoms with van der Waals surface area (Å²) in [5, 5.41) is 10.7. The number of hydrogen-bond acceptors (Lipinski definition) is 8. The first kappa shape index (κ1) is 27.5. The number of rotatable bonds is 6. The van der Waals surface area contributed by atoms with Gasteiger partial charge < -0.3 is 19.6 Å². The smallest absolute Gasteiger partial charge is 0.373 e. The van der Waals surface area contributed by atoms with Crippen LogP contribution in [0.4, 0.5) is 5.82 Å². The largest absolute Gasteiger partial charge is 0.437 e. The van der Waals surface area contributed by atoms with Crippen molar-refractivity contribution in [1.82, 2.24) is 14.9 Å². The summed E-state index contributed by atoms with van der Waals surface area (Å²) in [6, 6.07) is 12.4. The summed E-state index contributed by atoms with van der Waals surface area (Å²) >= 11 is 12.3. The maximum Gasteiger partial charge on any atom is 0.373 e.